The third-order valence-electron chi connectivity index (χ3n) is 1.77. The summed E-state index contributed by atoms with van der Waals surface area (Å²) in [6.07, 6.45) is 1.31. The summed E-state index contributed by atoms with van der Waals surface area (Å²) in [6.45, 7) is -0.325. The second-order valence-corrected chi connectivity index (χ2v) is 2.48. The molecule has 1 aliphatic rings. The number of alkyl halides is 1. The van der Waals surface area contributed by atoms with Crippen LogP contribution in [0.1, 0.15) is 12.8 Å². The number of halogens is 1. The molecule has 1 fully saturated rings. The van der Waals surface area contributed by atoms with Crippen LogP contribution < -0.4 is 5.73 Å². The zero-order chi connectivity index (χ0) is 6.85. The predicted molar refractivity (Wildman–Crippen MR) is 31.4 cm³/mol. The lowest BCUT2D eigenvalue weighted by atomic mass is 10.2. The van der Waals surface area contributed by atoms with Gasteiger partial charge in [-0.15, -0.1) is 0 Å². The molecule has 52 valence electrons. The zero-order valence-electron chi connectivity index (χ0n) is 5.14. The first-order valence-corrected chi connectivity index (χ1v) is 3.11. The van der Waals surface area contributed by atoms with Crippen molar-refractivity contribution < 1.29 is 9.18 Å². The molecule has 2 nitrogen and oxygen atoms in total. The van der Waals surface area contributed by atoms with Gasteiger partial charge < -0.3 is 5.73 Å². The van der Waals surface area contributed by atoms with Gasteiger partial charge in [0, 0.05) is 5.92 Å². The molecule has 2 N–H and O–H groups in total. The SMILES string of the molecule is NC(=O)C1CC1CCF. The van der Waals surface area contributed by atoms with Gasteiger partial charge in [0.15, 0.2) is 0 Å². The summed E-state index contributed by atoms with van der Waals surface area (Å²) < 4.78 is 11.6. The van der Waals surface area contributed by atoms with Crippen LogP contribution in [0.3, 0.4) is 0 Å². The molecule has 1 saturated carbocycles. The summed E-state index contributed by atoms with van der Waals surface area (Å²) in [6, 6.07) is 0. The molecule has 1 amide bonds. The topological polar surface area (TPSA) is 43.1 Å². The molecular formula is C6H10FNO. The van der Waals surface area contributed by atoms with Crippen LogP contribution >= 0.6 is 0 Å². The first-order chi connectivity index (χ1) is 4.25. The molecule has 0 radical (unpaired) electrons. The molecule has 9 heavy (non-hydrogen) atoms. The Hall–Kier alpha value is -0.600. The lowest BCUT2D eigenvalue weighted by Gasteiger charge is -1.88. The smallest absolute Gasteiger partial charge is 0.220 e. The number of rotatable bonds is 3. The molecule has 0 heterocycles. The number of nitrogens with two attached hydrogens (primary N) is 1. The highest BCUT2D eigenvalue weighted by molar-refractivity contribution is 5.79. The van der Waals surface area contributed by atoms with E-state index in [9.17, 15) is 9.18 Å². The molecule has 1 rings (SSSR count). The van der Waals surface area contributed by atoms with Crippen molar-refractivity contribution in [2.45, 2.75) is 12.8 Å². The van der Waals surface area contributed by atoms with Crippen LogP contribution in [0.4, 0.5) is 4.39 Å². The number of carbonyl (C=O) groups excluding carboxylic acids is 1. The van der Waals surface area contributed by atoms with Crippen LogP contribution in [0.25, 0.3) is 0 Å². The normalized spacial score (nSPS) is 32.1. The fourth-order valence-electron chi connectivity index (χ4n) is 1.06. The molecule has 0 aromatic heterocycles. The van der Waals surface area contributed by atoms with Crippen molar-refractivity contribution in [1.29, 1.82) is 0 Å². The van der Waals surface area contributed by atoms with Gasteiger partial charge in [0.2, 0.25) is 5.91 Å². The molecule has 0 aromatic carbocycles. The maximum Gasteiger partial charge on any atom is 0.220 e. The van der Waals surface area contributed by atoms with E-state index in [0.29, 0.717) is 6.42 Å². The minimum atomic E-state index is -0.325. The number of hydrogen-bond donors (Lipinski definition) is 1. The minimum absolute atomic E-state index is 0.0132. The molecule has 2 unspecified atom stereocenters. The molecule has 2 atom stereocenters. The van der Waals surface area contributed by atoms with Crippen LogP contribution in [0.2, 0.25) is 0 Å². The molecule has 0 spiro atoms. The summed E-state index contributed by atoms with van der Waals surface area (Å²) >= 11 is 0. The zero-order valence-corrected chi connectivity index (χ0v) is 5.14. The quantitative estimate of drug-likeness (QED) is 0.594. The summed E-state index contributed by atoms with van der Waals surface area (Å²) in [5.74, 6) is -0.0262. The number of amides is 1. The van der Waals surface area contributed by atoms with Gasteiger partial charge in [0.25, 0.3) is 0 Å². The van der Waals surface area contributed by atoms with E-state index in [1.165, 1.54) is 0 Å². The number of hydrogen-bond acceptors (Lipinski definition) is 1. The van der Waals surface area contributed by atoms with Crippen molar-refractivity contribution in [3.63, 3.8) is 0 Å². The van der Waals surface area contributed by atoms with E-state index in [1.54, 1.807) is 0 Å². The van der Waals surface area contributed by atoms with Crippen molar-refractivity contribution in [2.75, 3.05) is 6.67 Å². The van der Waals surface area contributed by atoms with Gasteiger partial charge >= 0.3 is 0 Å². The van der Waals surface area contributed by atoms with Crippen molar-refractivity contribution in [2.24, 2.45) is 17.6 Å². The third-order valence-corrected chi connectivity index (χ3v) is 1.77. The summed E-state index contributed by atoms with van der Waals surface area (Å²) in [5, 5.41) is 0. The Kier molecular flexibility index (Phi) is 1.69. The van der Waals surface area contributed by atoms with Crippen LogP contribution in [0, 0.1) is 11.8 Å². The average Bonchev–Trinajstić information content (AvgIpc) is 2.47. The molecule has 0 aliphatic heterocycles. The minimum Gasteiger partial charge on any atom is -0.369 e. The maximum atomic E-state index is 11.6. The van der Waals surface area contributed by atoms with Crippen LogP contribution in [-0.2, 0) is 4.79 Å². The van der Waals surface area contributed by atoms with Gasteiger partial charge in [-0.2, -0.15) is 0 Å². The highest BCUT2D eigenvalue weighted by Crippen LogP contribution is 2.40. The lowest BCUT2D eigenvalue weighted by molar-refractivity contribution is -0.119. The second-order valence-electron chi connectivity index (χ2n) is 2.48. The van der Waals surface area contributed by atoms with Crippen LogP contribution in [0.5, 0.6) is 0 Å². The van der Waals surface area contributed by atoms with E-state index in [0.717, 1.165) is 6.42 Å². The van der Waals surface area contributed by atoms with Gasteiger partial charge in [-0.25, -0.2) is 0 Å². The summed E-state index contributed by atoms with van der Waals surface area (Å²) in [5.41, 5.74) is 4.96. The Morgan fingerprint density at radius 3 is 2.78 bits per heavy atom. The molecule has 3 heteroatoms. The Balaban J connectivity index is 2.17. The Morgan fingerprint density at radius 2 is 2.44 bits per heavy atom. The highest BCUT2D eigenvalue weighted by atomic mass is 19.1. The van der Waals surface area contributed by atoms with Crippen LogP contribution in [0.15, 0.2) is 0 Å². The van der Waals surface area contributed by atoms with Crippen molar-refractivity contribution in [3.05, 3.63) is 0 Å². The van der Waals surface area contributed by atoms with E-state index in [2.05, 4.69) is 0 Å². The molecular weight excluding hydrogens is 121 g/mol. The van der Waals surface area contributed by atoms with Gasteiger partial charge in [-0.1, -0.05) is 0 Å². The maximum absolute atomic E-state index is 11.6. The van der Waals surface area contributed by atoms with Crippen LogP contribution in [-0.4, -0.2) is 12.6 Å². The van der Waals surface area contributed by atoms with Gasteiger partial charge in [0.05, 0.1) is 6.67 Å². The summed E-state index contributed by atoms with van der Waals surface area (Å²) in [4.78, 5) is 10.3. The number of carbonyl (C=O) groups is 1. The highest BCUT2D eigenvalue weighted by Gasteiger charge is 2.40. The van der Waals surface area contributed by atoms with E-state index in [4.69, 9.17) is 5.73 Å². The van der Waals surface area contributed by atoms with Crippen molar-refractivity contribution in [3.8, 4) is 0 Å². The molecule has 0 aromatic rings. The standard InChI is InChI=1S/C6H10FNO/c7-2-1-4-3-5(4)6(8)9/h4-5H,1-3H2,(H2,8,9). The molecule has 1 aliphatic carbocycles. The van der Waals surface area contributed by atoms with E-state index < -0.39 is 0 Å². The largest absolute Gasteiger partial charge is 0.369 e. The monoisotopic (exact) mass is 131 g/mol. The Morgan fingerprint density at radius 1 is 1.78 bits per heavy atom. The molecule has 0 saturated heterocycles. The summed E-state index contributed by atoms with van der Waals surface area (Å²) in [7, 11) is 0. The molecule has 0 bridgehead atoms. The van der Waals surface area contributed by atoms with Gasteiger partial charge in [-0.05, 0) is 18.8 Å². The Bertz CT molecular complexity index is 126. The fraction of sp³-hybridized carbons (Fsp3) is 0.833. The van der Waals surface area contributed by atoms with E-state index in [-0.39, 0.29) is 24.4 Å². The average molecular weight is 131 g/mol. The van der Waals surface area contributed by atoms with E-state index in [1.807, 2.05) is 0 Å². The Labute approximate surface area is 53.2 Å². The predicted octanol–water partition coefficient (Wildman–Crippen LogP) is 0.467. The lowest BCUT2D eigenvalue weighted by Crippen LogP contribution is -2.14. The first-order valence-electron chi connectivity index (χ1n) is 3.11. The van der Waals surface area contributed by atoms with Crippen molar-refractivity contribution >= 4 is 5.91 Å². The van der Waals surface area contributed by atoms with E-state index >= 15 is 0 Å². The first kappa shape index (κ1) is 6.52. The number of primary amides is 1. The third kappa shape index (κ3) is 1.40. The van der Waals surface area contributed by atoms with Crippen molar-refractivity contribution in [1.82, 2.24) is 0 Å². The van der Waals surface area contributed by atoms with Gasteiger partial charge in [0.1, 0.15) is 0 Å². The fourth-order valence-corrected chi connectivity index (χ4v) is 1.06. The van der Waals surface area contributed by atoms with Gasteiger partial charge in [-0.3, -0.25) is 9.18 Å². The second kappa shape index (κ2) is 2.33.